The molecule has 0 saturated carbocycles. The molecule has 1 N–H and O–H groups in total. The first-order valence-electron chi connectivity index (χ1n) is 12.6. The number of ether oxygens (including phenoxy) is 4. The van der Waals surface area contributed by atoms with Gasteiger partial charge in [0.05, 0.1) is 21.3 Å². The van der Waals surface area contributed by atoms with Crippen LogP contribution in [-0.4, -0.2) is 33.0 Å². The normalized spacial score (nSPS) is 18.9. The zero-order chi connectivity index (χ0) is 26.6. The summed E-state index contributed by atoms with van der Waals surface area (Å²) in [5.74, 6) is 1.77. The summed E-state index contributed by atoms with van der Waals surface area (Å²) in [7, 11) is 4.69. The number of benzene rings is 3. The molecule has 2 unspecified atom stereocenters. The van der Waals surface area contributed by atoms with Crippen molar-refractivity contribution < 1.29 is 28.5 Å². The van der Waals surface area contributed by atoms with Crippen molar-refractivity contribution in [2.45, 2.75) is 37.7 Å². The lowest BCUT2D eigenvalue weighted by molar-refractivity contribution is -0.122. The molecule has 0 aromatic heterocycles. The molecule has 1 amide bonds. The molecule has 3 aromatic rings. The Balaban J connectivity index is 1.43. The van der Waals surface area contributed by atoms with Crippen LogP contribution >= 0.6 is 0 Å². The topological polar surface area (TPSA) is 83.1 Å². The first kappa shape index (κ1) is 25.4. The van der Waals surface area contributed by atoms with Gasteiger partial charge in [0, 0.05) is 30.0 Å². The largest absolute Gasteiger partial charge is 0.493 e. The van der Waals surface area contributed by atoms with Crippen LogP contribution in [0.3, 0.4) is 0 Å². The van der Waals surface area contributed by atoms with Crippen molar-refractivity contribution in [3.8, 4) is 23.0 Å². The highest BCUT2D eigenvalue weighted by Crippen LogP contribution is 2.46. The van der Waals surface area contributed by atoms with Crippen LogP contribution in [0.15, 0.2) is 78.0 Å². The van der Waals surface area contributed by atoms with Gasteiger partial charge in [-0.1, -0.05) is 42.5 Å². The summed E-state index contributed by atoms with van der Waals surface area (Å²) in [6, 6.07) is 21.4. The number of carbonyl (C=O) groups is 2. The molecule has 0 saturated heterocycles. The predicted octanol–water partition coefficient (Wildman–Crippen LogP) is 5.30. The van der Waals surface area contributed by atoms with Gasteiger partial charge in [0.1, 0.15) is 12.4 Å². The molecule has 3 aromatic carbocycles. The Bertz CT molecular complexity index is 1360. The SMILES string of the molecule is COc1cc(C2CC(=O)C3=C(C2)NC(=O)CC3c2cccc(OCc3ccccc3)c2)cc(OC)c1OC. The van der Waals surface area contributed by atoms with Gasteiger partial charge in [-0.3, -0.25) is 9.59 Å². The van der Waals surface area contributed by atoms with Gasteiger partial charge >= 0.3 is 0 Å². The van der Waals surface area contributed by atoms with Gasteiger partial charge < -0.3 is 24.3 Å². The molecular formula is C31H31NO6. The number of hydrogen-bond acceptors (Lipinski definition) is 6. The first-order valence-corrected chi connectivity index (χ1v) is 12.6. The zero-order valence-corrected chi connectivity index (χ0v) is 21.8. The second kappa shape index (κ2) is 11.0. The molecule has 7 nitrogen and oxygen atoms in total. The summed E-state index contributed by atoms with van der Waals surface area (Å²) in [6.07, 6.45) is 1.09. The number of ketones is 1. The number of hydrogen-bond donors (Lipinski definition) is 1. The Labute approximate surface area is 222 Å². The van der Waals surface area contributed by atoms with Crippen molar-refractivity contribution in [1.82, 2.24) is 5.32 Å². The Morgan fingerprint density at radius 1 is 0.789 bits per heavy atom. The van der Waals surface area contributed by atoms with E-state index in [1.165, 1.54) is 0 Å². The number of nitrogens with one attached hydrogen (secondary N) is 1. The van der Waals surface area contributed by atoms with E-state index in [9.17, 15) is 9.59 Å². The van der Waals surface area contributed by atoms with E-state index < -0.39 is 0 Å². The maximum Gasteiger partial charge on any atom is 0.225 e. The fraction of sp³-hybridized carbons (Fsp3) is 0.290. The van der Waals surface area contributed by atoms with Crippen molar-refractivity contribution >= 4 is 11.7 Å². The van der Waals surface area contributed by atoms with Gasteiger partial charge in [0.15, 0.2) is 17.3 Å². The Morgan fingerprint density at radius 2 is 1.53 bits per heavy atom. The minimum Gasteiger partial charge on any atom is -0.493 e. The lowest BCUT2D eigenvalue weighted by atomic mass is 9.73. The highest BCUT2D eigenvalue weighted by atomic mass is 16.5. The molecule has 0 fully saturated rings. The van der Waals surface area contributed by atoms with Crippen molar-refractivity contribution in [3.05, 3.63) is 94.7 Å². The minimum atomic E-state index is -0.313. The van der Waals surface area contributed by atoms with Gasteiger partial charge in [-0.25, -0.2) is 0 Å². The molecule has 1 aliphatic heterocycles. The third-order valence-electron chi connectivity index (χ3n) is 7.20. The lowest BCUT2D eigenvalue weighted by Gasteiger charge is -2.34. The van der Waals surface area contributed by atoms with Gasteiger partial charge in [0.2, 0.25) is 11.7 Å². The molecule has 1 heterocycles. The second-order valence-corrected chi connectivity index (χ2v) is 9.53. The number of carbonyl (C=O) groups excluding carboxylic acids is 2. The van der Waals surface area contributed by atoms with Crippen molar-refractivity contribution in [2.75, 3.05) is 21.3 Å². The van der Waals surface area contributed by atoms with E-state index in [4.69, 9.17) is 18.9 Å². The third kappa shape index (κ3) is 5.09. The van der Waals surface area contributed by atoms with Gasteiger partial charge in [0.25, 0.3) is 0 Å². The van der Waals surface area contributed by atoms with Crippen LogP contribution in [0.4, 0.5) is 0 Å². The van der Waals surface area contributed by atoms with Crippen LogP contribution < -0.4 is 24.3 Å². The van der Waals surface area contributed by atoms with Crippen LogP contribution in [0, 0.1) is 0 Å². The highest BCUT2D eigenvalue weighted by Gasteiger charge is 2.38. The van der Waals surface area contributed by atoms with Crippen LogP contribution in [0.25, 0.3) is 0 Å². The molecular weight excluding hydrogens is 482 g/mol. The van der Waals surface area contributed by atoms with Gasteiger partial charge in [-0.05, 0) is 53.3 Å². The van der Waals surface area contributed by atoms with E-state index >= 15 is 0 Å². The summed E-state index contributed by atoms with van der Waals surface area (Å²) in [5, 5.41) is 2.99. The molecule has 7 heteroatoms. The van der Waals surface area contributed by atoms with E-state index in [1.807, 2.05) is 66.7 Å². The molecule has 2 atom stereocenters. The fourth-order valence-corrected chi connectivity index (χ4v) is 5.38. The number of rotatable bonds is 8. The second-order valence-electron chi connectivity index (χ2n) is 9.53. The quantitative estimate of drug-likeness (QED) is 0.440. The van der Waals surface area contributed by atoms with Crippen LogP contribution in [-0.2, 0) is 16.2 Å². The lowest BCUT2D eigenvalue weighted by Crippen LogP contribution is -2.38. The molecule has 38 heavy (non-hydrogen) atoms. The smallest absolute Gasteiger partial charge is 0.225 e. The summed E-state index contributed by atoms with van der Waals surface area (Å²) in [6.45, 7) is 0.443. The van der Waals surface area contributed by atoms with E-state index in [1.54, 1.807) is 21.3 Å². The molecule has 5 rings (SSSR count). The average molecular weight is 514 g/mol. The molecule has 2 aliphatic rings. The van der Waals surface area contributed by atoms with Crippen molar-refractivity contribution in [1.29, 1.82) is 0 Å². The highest BCUT2D eigenvalue weighted by molar-refractivity contribution is 6.02. The fourth-order valence-electron chi connectivity index (χ4n) is 5.38. The maximum atomic E-state index is 13.6. The Morgan fingerprint density at radius 3 is 2.21 bits per heavy atom. The summed E-state index contributed by atoms with van der Waals surface area (Å²) >= 11 is 0. The third-order valence-corrected chi connectivity index (χ3v) is 7.20. The molecule has 0 bridgehead atoms. The number of methoxy groups -OCH3 is 3. The van der Waals surface area contributed by atoms with Crippen LogP contribution in [0.1, 0.15) is 47.8 Å². The zero-order valence-electron chi connectivity index (χ0n) is 21.8. The summed E-state index contributed by atoms with van der Waals surface area (Å²) < 4.78 is 22.5. The molecule has 196 valence electrons. The number of allylic oxidation sites excluding steroid dienone is 2. The first-order chi connectivity index (χ1) is 18.5. The van der Waals surface area contributed by atoms with E-state index in [0.717, 1.165) is 16.7 Å². The van der Waals surface area contributed by atoms with E-state index in [-0.39, 0.29) is 29.9 Å². The Kier molecular flexibility index (Phi) is 7.36. The maximum absolute atomic E-state index is 13.6. The van der Waals surface area contributed by atoms with E-state index in [2.05, 4.69) is 5.32 Å². The molecule has 0 radical (unpaired) electrons. The average Bonchev–Trinajstić information content (AvgIpc) is 2.95. The van der Waals surface area contributed by atoms with Gasteiger partial charge in [-0.15, -0.1) is 0 Å². The van der Waals surface area contributed by atoms with Gasteiger partial charge in [-0.2, -0.15) is 0 Å². The van der Waals surface area contributed by atoms with Crippen molar-refractivity contribution in [3.63, 3.8) is 0 Å². The monoisotopic (exact) mass is 513 g/mol. The molecule has 1 aliphatic carbocycles. The van der Waals surface area contributed by atoms with E-state index in [0.29, 0.717) is 53.7 Å². The standard InChI is InChI=1S/C31H31NO6/c1-35-27-15-22(16-28(36-2)31(27)37-3)21-13-25-30(26(33)14-21)24(17-29(34)32-25)20-10-7-11-23(12-20)38-18-19-8-5-4-6-9-19/h4-12,15-16,21,24H,13-14,17-18H2,1-3H3,(H,32,34). The van der Waals surface area contributed by atoms with Crippen LogP contribution in [0.2, 0.25) is 0 Å². The summed E-state index contributed by atoms with van der Waals surface area (Å²) in [4.78, 5) is 26.4. The van der Waals surface area contributed by atoms with Crippen molar-refractivity contribution in [2.24, 2.45) is 0 Å². The predicted molar refractivity (Wildman–Crippen MR) is 143 cm³/mol. The minimum absolute atomic E-state index is 0.0330. The summed E-state index contributed by atoms with van der Waals surface area (Å²) in [5.41, 5.74) is 4.25. The Hall–Kier alpha value is -4.26. The molecule has 0 spiro atoms. The number of amides is 1. The van der Waals surface area contributed by atoms with Crippen LogP contribution in [0.5, 0.6) is 23.0 Å². The number of Topliss-reactive ketones (excluding diaryl/α,β-unsaturated/α-hetero) is 1.